The molecule has 0 radical (unpaired) electrons. The van der Waals surface area contributed by atoms with Gasteiger partial charge in [0.15, 0.2) is 0 Å². The highest BCUT2D eigenvalue weighted by molar-refractivity contribution is 6.31. The molecular weight excluding hydrogens is 308 g/mol. The summed E-state index contributed by atoms with van der Waals surface area (Å²) < 4.78 is 11.1. The minimum absolute atomic E-state index is 0.00490. The predicted molar refractivity (Wildman–Crippen MR) is 81.1 cm³/mol. The van der Waals surface area contributed by atoms with Crippen molar-refractivity contribution in [1.82, 2.24) is 5.32 Å². The van der Waals surface area contributed by atoms with Crippen LogP contribution in [0.2, 0.25) is 5.02 Å². The van der Waals surface area contributed by atoms with Crippen LogP contribution < -0.4 is 15.4 Å². The van der Waals surface area contributed by atoms with Gasteiger partial charge in [0, 0.05) is 18.2 Å². The molecule has 0 aliphatic carbocycles. The predicted octanol–water partition coefficient (Wildman–Crippen LogP) is 1.72. The monoisotopic (exact) mass is 324 g/mol. The zero-order valence-corrected chi connectivity index (χ0v) is 12.9. The number of amides is 2. The maximum absolute atomic E-state index is 12.4. The van der Waals surface area contributed by atoms with Crippen molar-refractivity contribution in [1.29, 1.82) is 0 Å². The van der Waals surface area contributed by atoms with Crippen LogP contribution in [0, 0.1) is 0 Å². The van der Waals surface area contributed by atoms with Gasteiger partial charge in [-0.25, -0.2) is 0 Å². The molecule has 6 nitrogen and oxygen atoms in total. The molecule has 2 N–H and O–H groups in total. The van der Waals surface area contributed by atoms with Gasteiger partial charge in [0.2, 0.25) is 0 Å². The summed E-state index contributed by atoms with van der Waals surface area (Å²) in [5.41, 5.74) is -1.15. The fourth-order valence-corrected chi connectivity index (χ4v) is 2.70. The Morgan fingerprint density at radius 2 is 2.36 bits per heavy atom. The number of carbonyl (C=O) groups excluding carboxylic acids is 2. The van der Waals surface area contributed by atoms with Crippen LogP contribution in [-0.4, -0.2) is 36.7 Å². The average molecular weight is 325 g/mol. The number of nitrogens with one attached hydrogen (secondary N) is 2. The van der Waals surface area contributed by atoms with Gasteiger partial charge in [-0.3, -0.25) is 9.59 Å². The molecule has 3 rings (SSSR count). The molecule has 2 unspecified atom stereocenters. The van der Waals surface area contributed by atoms with Gasteiger partial charge in [0.25, 0.3) is 17.4 Å². The quantitative estimate of drug-likeness (QED) is 0.830. The normalized spacial score (nSPS) is 26.8. The second-order valence-corrected chi connectivity index (χ2v) is 6.01. The van der Waals surface area contributed by atoms with E-state index in [4.69, 9.17) is 21.1 Å². The number of anilines is 1. The maximum Gasteiger partial charge on any atom is 0.278 e. The highest BCUT2D eigenvalue weighted by Gasteiger charge is 2.47. The molecule has 0 aromatic heterocycles. The number of ether oxygens (including phenoxy) is 2. The summed E-state index contributed by atoms with van der Waals surface area (Å²) in [6.07, 6.45) is 1.90. The summed E-state index contributed by atoms with van der Waals surface area (Å²) in [6, 6.07) is 4.85. The maximum atomic E-state index is 12.4. The Morgan fingerprint density at radius 3 is 3.09 bits per heavy atom. The van der Waals surface area contributed by atoms with Crippen molar-refractivity contribution in [2.45, 2.75) is 31.5 Å². The molecule has 2 aliphatic heterocycles. The Labute approximate surface area is 133 Å². The number of halogens is 1. The molecule has 1 fully saturated rings. The number of rotatable bonds is 3. The van der Waals surface area contributed by atoms with Crippen LogP contribution in [0.5, 0.6) is 5.75 Å². The summed E-state index contributed by atoms with van der Waals surface area (Å²) >= 11 is 5.88. The first-order valence-corrected chi connectivity index (χ1v) is 7.57. The van der Waals surface area contributed by atoms with E-state index in [0.29, 0.717) is 29.6 Å². The summed E-state index contributed by atoms with van der Waals surface area (Å²) in [7, 11) is 0. The Hall–Kier alpha value is -1.79. The van der Waals surface area contributed by atoms with E-state index in [2.05, 4.69) is 10.6 Å². The molecule has 22 heavy (non-hydrogen) atoms. The van der Waals surface area contributed by atoms with Gasteiger partial charge in [-0.1, -0.05) is 11.6 Å². The van der Waals surface area contributed by atoms with Crippen molar-refractivity contribution >= 4 is 29.1 Å². The van der Waals surface area contributed by atoms with Crippen LogP contribution in [0.4, 0.5) is 5.69 Å². The van der Waals surface area contributed by atoms with Crippen LogP contribution in [0.25, 0.3) is 0 Å². The van der Waals surface area contributed by atoms with Gasteiger partial charge < -0.3 is 20.1 Å². The lowest BCUT2D eigenvalue weighted by Gasteiger charge is -2.33. The van der Waals surface area contributed by atoms with Crippen molar-refractivity contribution in [2.75, 3.05) is 18.5 Å². The summed E-state index contributed by atoms with van der Waals surface area (Å²) in [4.78, 5) is 24.6. The zero-order valence-electron chi connectivity index (χ0n) is 12.1. The van der Waals surface area contributed by atoms with Crippen molar-refractivity contribution in [2.24, 2.45) is 0 Å². The van der Waals surface area contributed by atoms with Gasteiger partial charge in [-0.2, -0.15) is 0 Å². The van der Waals surface area contributed by atoms with E-state index in [-0.39, 0.29) is 6.10 Å². The molecule has 0 spiro atoms. The van der Waals surface area contributed by atoms with Gasteiger partial charge in [0.05, 0.1) is 11.8 Å². The average Bonchev–Trinajstić information content (AvgIpc) is 2.99. The summed E-state index contributed by atoms with van der Waals surface area (Å²) in [5, 5.41) is 5.87. The van der Waals surface area contributed by atoms with Gasteiger partial charge in [0.1, 0.15) is 5.75 Å². The minimum atomic E-state index is -1.61. The number of hydrogen-bond donors (Lipinski definition) is 2. The van der Waals surface area contributed by atoms with E-state index in [1.807, 2.05) is 0 Å². The van der Waals surface area contributed by atoms with Gasteiger partial charge in [-0.05, 0) is 38.0 Å². The van der Waals surface area contributed by atoms with E-state index in [1.165, 1.54) is 6.92 Å². The second kappa shape index (κ2) is 5.78. The molecule has 2 atom stereocenters. The number of carbonyl (C=O) groups is 2. The lowest BCUT2D eigenvalue weighted by atomic mass is 10.0. The number of hydrogen-bond acceptors (Lipinski definition) is 4. The highest BCUT2D eigenvalue weighted by atomic mass is 35.5. The van der Waals surface area contributed by atoms with Crippen molar-refractivity contribution in [3.05, 3.63) is 23.2 Å². The first-order chi connectivity index (χ1) is 10.5. The molecule has 0 bridgehead atoms. The third kappa shape index (κ3) is 2.76. The zero-order chi connectivity index (χ0) is 15.7. The first kappa shape index (κ1) is 15.1. The van der Waals surface area contributed by atoms with E-state index in [1.54, 1.807) is 18.2 Å². The van der Waals surface area contributed by atoms with E-state index >= 15 is 0 Å². The Morgan fingerprint density at radius 1 is 1.55 bits per heavy atom. The van der Waals surface area contributed by atoms with Crippen molar-refractivity contribution in [3.8, 4) is 5.75 Å². The standard InChI is InChI=1S/C15H17ClN2O4/c1-15(13(19)17-8-10-3-2-6-21-10)14(20)18-11-7-9(16)4-5-12(11)22-15/h4-5,7,10H,2-3,6,8H2,1H3,(H,17,19)(H,18,20). The third-order valence-electron chi connectivity index (χ3n) is 3.88. The lowest BCUT2D eigenvalue weighted by Crippen LogP contribution is -2.59. The number of benzene rings is 1. The van der Waals surface area contributed by atoms with Crippen molar-refractivity contribution in [3.63, 3.8) is 0 Å². The van der Waals surface area contributed by atoms with E-state index < -0.39 is 17.4 Å². The summed E-state index contributed by atoms with van der Waals surface area (Å²) in [6.45, 7) is 2.53. The molecule has 1 aromatic rings. The summed E-state index contributed by atoms with van der Waals surface area (Å²) in [5.74, 6) is -0.591. The molecular formula is C15H17ClN2O4. The number of fused-ring (bicyclic) bond motifs is 1. The van der Waals surface area contributed by atoms with E-state index in [0.717, 1.165) is 12.8 Å². The molecule has 118 valence electrons. The fraction of sp³-hybridized carbons (Fsp3) is 0.467. The molecule has 1 saturated heterocycles. The molecule has 0 saturated carbocycles. The van der Waals surface area contributed by atoms with Gasteiger partial charge >= 0.3 is 0 Å². The minimum Gasteiger partial charge on any atom is -0.466 e. The molecule has 2 aliphatic rings. The van der Waals surface area contributed by atoms with E-state index in [9.17, 15) is 9.59 Å². The molecule has 7 heteroatoms. The fourth-order valence-electron chi connectivity index (χ4n) is 2.53. The smallest absolute Gasteiger partial charge is 0.278 e. The topological polar surface area (TPSA) is 76.7 Å². The lowest BCUT2D eigenvalue weighted by molar-refractivity contribution is -0.147. The Balaban J connectivity index is 1.72. The molecule has 2 amide bonds. The van der Waals surface area contributed by atoms with Crippen LogP contribution in [0.15, 0.2) is 18.2 Å². The van der Waals surface area contributed by atoms with Crippen molar-refractivity contribution < 1.29 is 19.1 Å². The Bertz CT molecular complexity index is 616. The second-order valence-electron chi connectivity index (χ2n) is 5.57. The largest absolute Gasteiger partial charge is 0.466 e. The molecule has 1 aromatic carbocycles. The van der Waals surface area contributed by atoms with Crippen LogP contribution in [0.3, 0.4) is 0 Å². The highest BCUT2D eigenvalue weighted by Crippen LogP contribution is 2.35. The Kier molecular flexibility index (Phi) is 3.97. The van der Waals surface area contributed by atoms with Gasteiger partial charge in [-0.15, -0.1) is 0 Å². The van der Waals surface area contributed by atoms with Crippen LogP contribution in [-0.2, 0) is 14.3 Å². The third-order valence-corrected chi connectivity index (χ3v) is 4.12. The SMILES string of the molecule is CC1(C(=O)NCC2CCCO2)Oc2ccc(Cl)cc2NC1=O. The van der Waals surface area contributed by atoms with Crippen LogP contribution in [0.1, 0.15) is 19.8 Å². The van der Waals surface area contributed by atoms with Crippen LogP contribution >= 0.6 is 11.6 Å². The molecule has 2 heterocycles. The first-order valence-electron chi connectivity index (χ1n) is 7.19.